The highest BCUT2D eigenvalue weighted by atomic mass is 16.5. The Morgan fingerprint density at radius 3 is 2.83 bits per heavy atom. The summed E-state index contributed by atoms with van der Waals surface area (Å²) in [6.07, 6.45) is 3.28. The van der Waals surface area contributed by atoms with Crippen molar-refractivity contribution in [1.82, 2.24) is 9.55 Å². The summed E-state index contributed by atoms with van der Waals surface area (Å²) >= 11 is 0. The highest BCUT2D eigenvalue weighted by Crippen LogP contribution is 2.08. The van der Waals surface area contributed by atoms with Gasteiger partial charge in [-0.15, -0.1) is 0 Å². The molecule has 0 amide bonds. The lowest BCUT2D eigenvalue weighted by Gasteiger charge is -2.07. The molecule has 5 nitrogen and oxygen atoms in total. The summed E-state index contributed by atoms with van der Waals surface area (Å²) in [6, 6.07) is 8.46. The Bertz CT molecular complexity index is 549. The van der Waals surface area contributed by atoms with Gasteiger partial charge in [-0.25, -0.2) is 0 Å². The van der Waals surface area contributed by atoms with Gasteiger partial charge in [0.15, 0.2) is 0 Å². The summed E-state index contributed by atoms with van der Waals surface area (Å²) in [4.78, 5) is 15.4. The number of nitrogens with zero attached hydrogens (tertiary/aromatic N) is 2. The Morgan fingerprint density at radius 2 is 2.17 bits per heavy atom. The zero-order chi connectivity index (χ0) is 12.8. The number of hydrogen-bond acceptors (Lipinski definition) is 4. The molecule has 2 heterocycles. The van der Waals surface area contributed by atoms with Crippen LogP contribution in [0, 0.1) is 0 Å². The van der Waals surface area contributed by atoms with Crippen LogP contribution < -0.4 is 10.3 Å². The van der Waals surface area contributed by atoms with Crippen molar-refractivity contribution in [2.45, 2.75) is 13.2 Å². The first-order chi connectivity index (χ1) is 8.79. The van der Waals surface area contributed by atoms with Crippen molar-refractivity contribution in [3.8, 4) is 5.75 Å². The van der Waals surface area contributed by atoms with Gasteiger partial charge in [-0.05, 0) is 18.2 Å². The third-order valence-electron chi connectivity index (χ3n) is 2.46. The standard InChI is InChI=1S/C13H14N2O3/c16-10-11-4-5-12(9-14-11)18-8-7-15-6-2-1-3-13(15)17/h1-6,9,16H,7-8,10H2. The highest BCUT2D eigenvalue weighted by Gasteiger charge is 1.97. The summed E-state index contributed by atoms with van der Waals surface area (Å²) in [5.41, 5.74) is 0.552. The summed E-state index contributed by atoms with van der Waals surface area (Å²) < 4.78 is 7.04. The Morgan fingerprint density at radius 1 is 1.28 bits per heavy atom. The van der Waals surface area contributed by atoms with Gasteiger partial charge in [-0.3, -0.25) is 9.78 Å². The summed E-state index contributed by atoms with van der Waals surface area (Å²) in [7, 11) is 0. The van der Waals surface area contributed by atoms with Gasteiger partial charge in [-0.1, -0.05) is 6.07 Å². The average molecular weight is 246 g/mol. The number of aliphatic hydroxyl groups excluding tert-OH is 1. The van der Waals surface area contributed by atoms with Gasteiger partial charge in [0.1, 0.15) is 12.4 Å². The summed E-state index contributed by atoms with van der Waals surface area (Å²) in [5.74, 6) is 0.621. The zero-order valence-electron chi connectivity index (χ0n) is 9.82. The molecule has 0 aliphatic heterocycles. The van der Waals surface area contributed by atoms with Gasteiger partial charge < -0.3 is 14.4 Å². The lowest BCUT2D eigenvalue weighted by Crippen LogP contribution is -2.21. The number of pyridine rings is 2. The van der Waals surface area contributed by atoms with Gasteiger partial charge >= 0.3 is 0 Å². The molecule has 5 heteroatoms. The van der Waals surface area contributed by atoms with Crippen molar-refractivity contribution in [2.24, 2.45) is 0 Å². The Labute approximate surface area is 104 Å². The molecule has 18 heavy (non-hydrogen) atoms. The van der Waals surface area contributed by atoms with Crippen LogP contribution in [0.25, 0.3) is 0 Å². The largest absolute Gasteiger partial charge is 0.490 e. The van der Waals surface area contributed by atoms with Crippen LogP contribution in [-0.2, 0) is 13.2 Å². The molecule has 0 aliphatic carbocycles. The molecule has 2 rings (SSSR count). The normalized spacial score (nSPS) is 10.3. The van der Waals surface area contributed by atoms with Crippen molar-refractivity contribution in [2.75, 3.05) is 6.61 Å². The number of ether oxygens (including phenoxy) is 1. The van der Waals surface area contributed by atoms with Crippen molar-refractivity contribution < 1.29 is 9.84 Å². The second kappa shape index (κ2) is 5.97. The first kappa shape index (κ1) is 12.3. The Balaban J connectivity index is 1.88. The average Bonchev–Trinajstić information content (AvgIpc) is 2.42. The molecule has 0 atom stereocenters. The molecule has 0 saturated heterocycles. The number of hydrogen-bond donors (Lipinski definition) is 1. The molecule has 0 fully saturated rings. The number of aliphatic hydroxyl groups is 1. The second-order valence-electron chi connectivity index (χ2n) is 3.72. The summed E-state index contributed by atoms with van der Waals surface area (Å²) in [6.45, 7) is 0.797. The smallest absolute Gasteiger partial charge is 0.250 e. The SMILES string of the molecule is O=c1ccccn1CCOc1ccc(CO)nc1. The third-order valence-corrected chi connectivity index (χ3v) is 2.46. The first-order valence-electron chi connectivity index (χ1n) is 5.63. The van der Waals surface area contributed by atoms with Crippen LogP contribution in [0.3, 0.4) is 0 Å². The van der Waals surface area contributed by atoms with Crippen LogP contribution in [0.4, 0.5) is 0 Å². The maximum atomic E-state index is 11.4. The van der Waals surface area contributed by atoms with E-state index >= 15 is 0 Å². The lowest BCUT2D eigenvalue weighted by atomic mass is 10.3. The molecule has 1 N–H and O–H groups in total. The van der Waals surface area contributed by atoms with Gasteiger partial charge in [0.05, 0.1) is 25.0 Å². The maximum Gasteiger partial charge on any atom is 0.250 e. The fourth-order valence-electron chi connectivity index (χ4n) is 1.50. The zero-order valence-corrected chi connectivity index (χ0v) is 9.82. The molecule has 0 radical (unpaired) electrons. The van der Waals surface area contributed by atoms with Crippen molar-refractivity contribution in [3.63, 3.8) is 0 Å². The fraction of sp³-hybridized carbons (Fsp3) is 0.231. The molecule has 0 bridgehead atoms. The minimum absolute atomic E-state index is 0.0464. The molecular weight excluding hydrogens is 232 g/mol. The first-order valence-corrected chi connectivity index (χ1v) is 5.63. The van der Waals surface area contributed by atoms with E-state index < -0.39 is 0 Å². The fourth-order valence-corrected chi connectivity index (χ4v) is 1.50. The van der Waals surface area contributed by atoms with Crippen LogP contribution in [0.15, 0.2) is 47.5 Å². The minimum atomic E-state index is -0.0836. The molecule has 2 aromatic rings. The van der Waals surface area contributed by atoms with Gasteiger partial charge in [0, 0.05) is 12.3 Å². The van der Waals surface area contributed by atoms with E-state index in [1.165, 1.54) is 6.07 Å². The highest BCUT2D eigenvalue weighted by molar-refractivity contribution is 5.19. The molecule has 2 aromatic heterocycles. The number of aromatic nitrogens is 2. The van der Waals surface area contributed by atoms with E-state index in [-0.39, 0.29) is 12.2 Å². The molecule has 0 aromatic carbocycles. The number of rotatable bonds is 5. The van der Waals surface area contributed by atoms with Crippen molar-refractivity contribution in [1.29, 1.82) is 0 Å². The van der Waals surface area contributed by atoms with Crippen LogP contribution in [0.2, 0.25) is 0 Å². The van der Waals surface area contributed by atoms with Crippen LogP contribution >= 0.6 is 0 Å². The molecule has 94 valence electrons. The van der Waals surface area contributed by atoms with Crippen LogP contribution in [-0.4, -0.2) is 21.3 Å². The predicted octanol–water partition coefficient (Wildman–Crippen LogP) is 0.815. The van der Waals surface area contributed by atoms with E-state index in [1.54, 1.807) is 41.2 Å². The predicted molar refractivity (Wildman–Crippen MR) is 66.4 cm³/mol. The van der Waals surface area contributed by atoms with E-state index in [4.69, 9.17) is 9.84 Å². The molecular formula is C13H14N2O3. The van der Waals surface area contributed by atoms with E-state index in [2.05, 4.69) is 4.98 Å². The molecule has 0 aliphatic rings. The van der Waals surface area contributed by atoms with E-state index in [9.17, 15) is 4.79 Å². The second-order valence-corrected chi connectivity index (χ2v) is 3.72. The maximum absolute atomic E-state index is 11.4. The minimum Gasteiger partial charge on any atom is -0.490 e. The Hall–Kier alpha value is -2.14. The van der Waals surface area contributed by atoms with Gasteiger partial charge in [0.25, 0.3) is 5.56 Å². The third kappa shape index (κ3) is 3.18. The van der Waals surface area contributed by atoms with Crippen LogP contribution in [0.5, 0.6) is 5.75 Å². The van der Waals surface area contributed by atoms with Crippen molar-refractivity contribution >= 4 is 0 Å². The molecule has 0 spiro atoms. The van der Waals surface area contributed by atoms with Crippen molar-refractivity contribution in [3.05, 3.63) is 58.8 Å². The van der Waals surface area contributed by atoms with Gasteiger partial charge in [0.2, 0.25) is 0 Å². The quantitative estimate of drug-likeness (QED) is 0.848. The molecule has 0 unspecified atom stereocenters. The summed E-state index contributed by atoms with van der Waals surface area (Å²) in [5, 5.41) is 8.84. The van der Waals surface area contributed by atoms with E-state index in [0.29, 0.717) is 24.6 Å². The monoisotopic (exact) mass is 246 g/mol. The van der Waals surface area contributed by atoms with Gasteiger partial charge in [-0.2, -0.15) is 0 Å². The van der Waals surface area contributed by atoms with E-state index in [1.807, 2.05) is 0 Å². The lowest BCUT2D eigenvalue weighted by molar-refractivity contribution is 0.274. The Kier molecular flexibility index (Phi) is 4.09. The molecule has 0 saturated carbocycles. The topological polar surface area (TPSA) is 64.3 Å². The van der Waals surface area contributed by atoms with E-state index in [0.717, 1.165) is 0 Å². The van der Waals surface area contributed by atoms with Crippen LogP contribution in [0.1, 0.15) is 5.69 Å².